The summed E-state index contributed by atoms with van der Waals surface area (Å²) in [4.78, 5) is 4.54. The van der Waals surface area contributed by atoms with Gasteiger partial charge in [0.15, 0.2) is 17.5 Å². The van der Waals surface area contributed by atoms with E-state index in [4.69, 9.17) is 4.42 Å². The number of oxazole rings is 1. The molecule has 1 aliphatic heterocycles. The Labute approximate surface area is 185 Å². The summed E-state index contributed by atoms with van der Waals surface area (Å²) in [6.45, 7) is 2.17. The Bertz CT molecular complexity index is 1310. The molecule has 32 heavy (non-hydrogen) atoms. The van der Waals surface area contributed by atoms with Gasteiger partial charge in [0.1, 0.15) is 5.76 Å². The highest BCUT2D eigenvalue weighted by Gasteiger charge is 2.43. The fourth-order valence-electron chi connectivity index (χ4n) is 4.79. The summed E-state index contributed by atoms with van der Waals surface area (Å²) in [6.07, 6.45) is 7.14. The van der Waals surface area contributed by atoms with E-state index in [1.54, 1.807) is 0 Å². The van der Waals surface area contributed by atoms with Gasteiger partial charge in [0, 0.05) is 41.1 Å². The molecule has 3 heterocycles. The minimum absolute atomic E-state index is 0.00867. The van der Waals surface area contributed by atoms with Crippen molar-refractivity contribution in [1.82, 2.24) is 19.9 Å². The lowest BCUT2D eigenvalue weighted by molar-refractivity contribution is 0.395. The van der Waals surface area contributed by atoms with Crippen LogP contribution >= 0.6 is 0 Å². The first-order chi connectivity index (χ1) is 15.3. The molecular weight excluding hydrogens is 433 g/mol. The van der Waals surface area contributed by atoms with Crippen LogP contribution in [0.15, 0.2) is 33.7 Å². The molecule has 0 bridgehead atoms. The van der Waals surface area contributed by atoms with Crippen LogP contribution in [0, 0.1) is 5.82 Å². The largest absolute Gasteiger partial charge is 0.445 e. The van der Waals surface area contributed by atoms with Crippen molar-refractivity contribution in [2.24, 2.45) is 0 Å². The minimum Gasteiger partial charge on any atom is -0.445 e. The van der Waals surface area contributed by atoms with Crippen molar-refractivity contribution < 1.29 is 17.2 Å². The quantitative estimate of drug-likeness (QED) is 0.530. The average molecular weight is 458 g/mol. The highest BCUT2D eigenvalue weighted by molar-refractivity contribution is 7.89. The zero-order valence-electron chi connectivity index (χ0n) is 17.6. The lowest BCUT2D eigenvalue weighted by atomic mass is 10.0. The van der Waals surface area contributed by atoms with Crippen LogP contribution in [0.3, 0.4) is 0 Å². The summed E-state index contributed by atoms with van der Waals surface area (Å²) in [7, 11) is -3.61. The Morgan fingerprint density at radius 1 is 1.25 bits per heavy atom. The minimum atomic E-state index is -3.61. The molecule has 2 atom stereocenters. The number of rotatable bonds is 5. The van der Waals surface area contributed by atoms with E-state index < -0.39 is 15.8 Å². The molecule has 1 aromatic carbocycles. The molecule has 2 aliphatic carbocycles. The number of nitrogens with one attached hydrogen (secondary N) is 3. The predicted octanol–water partition coefficient (Wildman–Crippen LogP) is 4.18. The summed E-state index contributed by atoms with van der Waals surface area (Å²) in [5.41, 5.74) is 1.52. The zero-order chi connectivity index (χ0) is 22.1. The molecule has 10 heteroatoms. The first kappa shape index (κ1) is 19.9. The molecule has 3 aliphatic rings. The number of halogens is 1. The first-order valence-corrected chi connectivity index (χ1v) is 12.4. The van der Waals surface area contributed by atoms with E-state index in [0.717, 1.165) is 49.4 Å². The van der Waals surface area contributed by atoms with E-state index >= 15 is 0 Å². The maximum Gasteiger partial charge on any atom is 0.241 e. The molecular formula is C22H24FN5O3S. The standard InChI is InChI=1S/C22H24FN5O3S/c1-22(6-7-22)18-11-24-21(31-18)13-3-2-12(8-13)16-9-19(28-27-16)26-15-4-5-17-14(20(15)23)10-25-32(17,29)30/h4-5,9,11-13,25H,2-3,6-8,10H2,1H3,(H2,26,27,28). The van der Waals surface area contributed by atoms with Crippen molar-refractivity contribution in [2.75, 3.05) is 5.32 Å². The third kappa shape index (κ3) is 3.24. The van der Waals surface area contributed by atoms with Crippen molar-refractivity contribution >= 4 is 21.5 Å². The molecule has 0 saturated heterocycles. The highest BCUT2D eigenvalue weighted by Crippen LogP contribution is 2.49. The van der Waals surface area contributed by atoms with E-state index in [9.17, 15) is 12.8 Å². The maximum atomic E-state index is 14.8. The van der Waals surface area contributed by atoms with Gasteiger partial charge in [0.25, 0.3) is 0 Å². The lowest BCUT2D eigenvalue weighted by Crippen LogP contribution is -2.13. The third-order valence-electron chi connectivity index (χ3n) is 7.13. The fourth-order valence-corrected chi connectivity index (χ4v) is 6.01. The Kier molecular flexibility index (Phi) is 4.29. The molecule has 8 nitrogen and oxygen atoms in total. The first-order valence-electron chi connectivity index (χ1n) is 10.9. The van der Waals surface area contributed by atoms with Crippen molar-refractivity contribution in [1.29, 1.82) is 0 Å². The van der Waals surface area contributed by atoms with Crippen LogP contribution in [-0.2, 0) is 22.0 Å². The number of sulfonamides is 1. The van der Waals surface area contributed by atoms with E-state index in [-0.39, 0.29) is 28.1 Å². The van der Waals surface area contributed by atoms with Gasteiger partial charge in [0.05, 0.1) is 16.8 Å². The van der Waals surface area contributed by atoms with Gasteiger partial charge >= 0.3 is 0 Å². The number of anilines is 2. The second-order valence-corrected chi connectivity index (χ2v) is 11.1. The van der Waals surface area contributed by atoms with Gasteiger partial charge in [-0.15, -0.1) is 0 Å². The predicted molar refractivity (Wildman–Crippen MR) is 115 cm³/mol. The number of fused-ring (bicyclic) bond motifs is 1. The monoisotopic (exact) mass is 457 g/mol. The number of benzene rings is 1. The molecule has 2 unspecified atom stereocenters. The molecule has 0 amide bonds. The number of H-pyrrole nitrogens is 1. The van der Waals surface area contributed by atoms with Gasteiger partial charge in [-0.05, 0) is 44.2 Å². The topological polar surface area (TPSA) is 113 Å². The second-order valence-electron chi connectivity index (χ2n) is 9.39. The zero-order valence-corrected chi connectivity index (χ0v) is 18.4. The molecule has 3 N–H and O–H groups in total. The van der Waals surface area contributed by atoms with Crippen molar-refractivity contribution in [3.05, 3.63) is 53.1 Å². The molecule has 168 valence electrons. The molecule has 0 spiro atoms. The second kappa shape index (κ2) is 6.89. The number of hydrogen-bond acceptors (Lipinski definition) is 6. The summed E-state index contributed by atoms with van der Waals surface area (Å²) >= 11 is 0. The van der Waals surface area contributed by atoms with Gasteiger partial charge in [0.2, 0.25) is 10.0 Å². The number of aromatic amines is 1. The van der Waals surface area contributed by atoms with Crippen LogP contribution in [0.4, 0.5) is 15.9 Å². The SMILES string of the molecule is CC1(c2cnc(C3CCC(c4cc(Nc5ccc6c(c5F)CNS6(=O)=O)n[nH]4)C3)o2)CC1. The Morgan fingerprint density at radius 3 is 2.88 bits per heavy atom. The molecule has 2 fully saturated rings. The molecule has 2 aromatic heterocycles. The number of nitrogens with zero attached hydrogens (tertiary/aromatic N) is 2. The van der Waals surface area contributed by atoms with Crippen molar-refractivity contribution in [3.63, 3.8) is 0 Å². The summed E-state index contributed by atoms with van der Waals surface area (Å²) in [6, 6.07) is 4.73. The van der Waals surface area contributed by atoms with Crippen LogP contribution in [-0.4, -0.2) is 23.6 Å². The van der Waals surface area contributed by atoms with E-state index in [2.05, 4.69) is 32.1 Å². The van der Waals surface area contributed by atoms with Crippen LogP contribution in [0.25, 0.3) is 0 Å². The molecule has 2 saturated carbocycles. The molecule has 0 radical (unpaired) electrons. The van der Waals surface area contributed by atoms with Crippen LogP contribution < -0.4 is 10.0 Å². The summed E-state index contributed by atoms with van der Waals surface area (Å²) < 4.78 is 47.0. The molecule has 6 rings (SSSR count). The average Bonchev–Trinajstić information content (AvgIpc) is 3.27. The fraction of sp³-hybridized carbons (Fsp3) is 0.455. The normalized spacial score (nSPS) is 25.1. The van der Waals surface area contributed by atoms with E-state index in [1.165, 1.54) is 12.1 Å². The van der Waals surface area contributed by atoms with Crippen LogP contribution in [0.2, 0.25) is 0 Å². The van der Waals surface area contributed by atoms with Crippen molar-refractivity contribution in [2.45, 2.75) is 67.7 Å². The van der Waals surface area contributed by atoms with Crippen molar-refractivity contribution in [3.8, 4) is 0 Å². The summed E-state index contributed by atoms with van der Waals surface area (Å²) in [5, 5.41) is 10.3. The van der Waals surface area contributed by atoms with Gasteiger partial charge in [-0.1, -0.05) is 6.92 Å². The van der Waals surface area contributed by atoms with Gasteiger partial charge in [-0.3, -0.25) is 5.10 Å². The summed E-state index contributed by atoms with van der Waals surface area (Å²) in [5.74, 6) is 2.34. The van der Waals surface area contributed by atoms with Crippen LogP contribution in [0.1, 0.15) is 73.8 Å². The Hall–Kier alpha value is -2.72. The Morgan fingerprint density at radius 2 is 2.06 bits per heavy atom. The van der Waals surface area contributed by atoms with E-state index in [0.29, 0.717) is 17.7 Å². The van der Waals surface area contributed by atoms with Crippen LogP contribution in [0.5, 0.6) is 0 Å². The highest BCUT2D eigenvalue weighted by atomic mass is 32.2. The number of aromatic nitrogens is 3. The smallest absolute Gasteiger partial charge is 0.241 e. The van der Waals surface area contributed by atoms with Gasteiger partial charge < -0.3 is 9.73 Å². The third-order valence-corrected chi connectivity index (χ3v) is 8.62. The molecule has 3 aromatic rings. The van der Waals surface area contributed by atoms with E-state index in [1.807, 2.05) is 12.3 Å². The Balaban J connectivity index is 1.15. The van der Waals surface area contributed by atoms with Gasteiger partial charge in [-0.25, -0.2) is 22.5 Å². The van der Waals surface area contributed by atoms with Gasteiger partial charge in [-0.2, -0.15) is 5.10 Å². The number of hydrogen-bond donors (Lipinski definition) is 3. The maximum absolute atomic E-state index is 14.8. The lowest BCUT2D eigenvalue weighted by Gasteiger charge is -2.08.